The Bertz CT molecular complexity index is 622. The van der Waals surface area contributed by atoms with Crippen molar-refractivity contribution >= 4 is 0 Å². The van der Waals surface area contributed by atoms with E-state index in [0.29, 0.717) is 17.0 Å². The number of aryl methyl sites for hydroxylation is 2. The van der Waals surface area contributed by atoms with E-state index in [2.05, 4.69) is 10.1 Å². The van der Waals surface area contributed by atoms with Crippen LogP contribution in [-0.4, -0.2) is 14.8 Å². The summed E-state index contributed by atoms with van der Waals surface area (Å²) in [5.74, 6) is -0.421. The highest BCUT2D eigenvalue weighted by Crippen LogP contribution is 2.24. The van der Waals surface area contributed by atoms with Crippen LogP contribution in [0.4, 0.5) is 4.39 Å². The topological polar surface area (TPSA) is 54.5 Å². The van der Waals surface area contributed by atoms with Crippen molar-refractivity contribution in [3.63, 3.8) is 0 Å². The first kappa shape index (κ1) is 11.3. The average molecular weight is 230 g/mol. The number of aromatic nitrogens is 3. The first-order chi connectivity index (χ1) is 8.04. The van der Waals surface area contributed by atoms with E-state index in [9.17, 15) is 4.39 Å². The van der Waals surface area contributed by atoms with Crippen molar-refractivity contribution < 1.29 is 4.39 Å². The van der Waals surface area contributed by atoms with Crippen molar-refractivity contribution in [3.8, 4) is 17.5 Å². The summed E-state index contributed by atoms with van der Waals surface area (Å²) in [5.41, 5.74) is 2.42. The molecule has 17 heavy (non-hydrogen) atoms. The van der Waals surface area contributed by atoms with Crippen LogP contribution in [0.5, 0.6) is 0 Å². The van der Waals surface area contributed by atoms with E-state index in [0.717, 1.165) is 5.56 Å². The number of pyridine rings is 1. The van der Waals surface area contributed by atoms with Gasteiger partial charge in [-0.3, -0.25) is 9.67 Å². The molecule has 0 aliphatic rings. The highest BCUT2D eigenvalue weighted by Gasteiger charge is 2.17. The molecule has 0 amide bonds. The standard InChI is InChI=1S/C12H11FN4/c1-7-4-9(13)12(15-6-7)11-8(2)10(5-14)17(3)16-11/h4,6H,1-3H3. The van der Waals surface area contributed by atoms with Crippen LogP contribution in [0.1, 0.15) is 16.8 Å². The van der Waals surface area contributed by atoms with Gasteiger partial charge in [-0.25, -0.2) is 4.39 Å². The zero-order valence-electron chi connectivity index (χ0n) is 9.82. The van der Waals surface area contributed by atoms with Crippen LogP contribution in [0.2, 0.25) is 0 Å². The smallest absolute Gasteiger partial charge is 0.151 e. The Hall–Kier alpha value is -2.22. The zero-order chi connectivity index (χ0) is 12.6. The van der Waals surface area contributed by atoms with Gasteiger partial charge < -0.3 is 0 Å². The van der Waals surface area contributed by atoms with E-state index in [1.165, 1.54) is 10.7 Å². The molecule has 0 saturated carbocycles. The van der Waals surface area contributed by atoms with E-state index in [1.807, 2.05) is 6.07 Å². The predicted molar refractivity (Wildman–Crippen MR) is 60.6 cm³/mol. The van der Waals surface area contributed by atoms with Crippen molar-refractivity contribution in [2.75, 3.05) is 0 Å². The van der Waals surface area contributed by atoms with E-state index in [-0.39, 0.29) is 5.69 Å². The van der Waals surface area contributed by atoms with Crippen LogP contribution in [0.15, 0.2) is 12.3 Å². The van der Waals surface area contributed by atoms with Crippen molar-refractivity contribution in [1.82, 2.24) is 14.8 Å². The van der Waals surface area contributed by atoms with Crippen LogP contribution in [0.3, 0.4) is 0 Å². The maximum atomic E-state index is 13.8. The van der Waals surface area contributed by atoms with Gasteiger partial charge in [-0.15, -0.1) is 0 Å². The lowest BCUT2D eigenvalue weighted by atomic mass is 10.1. The van der Waals surface area contributed by atoms with Gasteiger partial charge in [0.15, 0.2) is 5.82 Å². The van der Waals surface area contributed by atoms with E-state index < -0.39 is 5.82 Å². The lowest BCUT2D eigenvalue weighted by molar-refractivity contribution is 0.622. The Morgan fingerprint density at radius 1 is 1.35 bits per heavy atom. The fraction of sp³-hybridized carbons (Fsp3) is 0.250. The normalized spacial score (nSPS) is 10.3. The van der Waals surface area contributed by atoms with Crippen LogP contribution < -0.4 is 0 Å². The lowest BCUT2D eigenvalue weighted by Gasteiger charge is -2.00. The second-order valence-corrected chi connectivity index (χ2v) is 3.90. The summed E-state index contributed by atoms with van der Waals surface area (Å²) >= 11 is 0. The van der Waals surface area contributed by atoms with Crippen molar-refractivity contribution in [2.45, 2.75) is 13.8 Å². The number of halogens is 1. The number of hydrogen-bond donors (Lipinski definition) is 0. The monoisotopic (exact) mass is 230 g/mol. The molecule has 0 bridgehead atoms. The summed E-state index contributed by atoms with van der Waals surface area (Å²) in [6.45, 7) is 3.51. The van der Waals surface area contributed by atoms with Gasteiger partial charge >= 0.3 is 0 Å². The van der Waals surface area contributed by atoms with Crippen molar-refractivity contribution in [2.24, 2.45) is 7.05 Å². The quantitative estimate of drug-likeness (QED) is 0.753. The van der Waals surface area contributed by atoms with Crippen molar-refractivity contribution in [3.05, 3.63) is 34.9 Å². The Balaban J connectivity index is 2.66. The molecule has 2 aromatic heterocycles. The van der Waals surface area contributed by atoms with Crippen LogP contribution in [0, 0.1) is 31.0 Å². The van der Waals surface area contributed by atoms with Gasteiger partial charge in [0.2, 0.25) is 0 Å². The number of nitriles is 1. The molecule has 86 valence electrons. The summed E-state index contributed by atoms with van der Waals surface area (Å²) in [4.78, 5) is 4.04. The molecule has 0 fully saturated rings. The molecule has 0 spiro atoms. The van der Waals surface area contributed by atoms with Gasteiger partial charge in [-0.1, -0.05) is 0 Å². The minimum Gasteiger partial charge on any atom is -0.257 e. The molecule has 2 rings (SSSR count). The predicted octanol–water partition coefficient (Wildman–Crippen LogP) is 2.11. The van der Waals surface area contributed by atoms with Gasteiger partial charge in [-0.2, -0.15) is 10.4 Å². The van der Waals surface area contributed by atoms with Gasteiger partial charge in [0.25, 0.3) is 0 Å². The SMILES string of the molecule is Cc1cnc(-c2nn(C)c(C#N)c2C)c(F)c1. The molecule has 0 radical (unpaired) electrons. The number of rotatable bonds is 1. The summed E-state index contributed by atoms with van der Waals surface area (Å²) < 4.78 is 15.2. The average Bonchev–Trinajstić information content (AvgIpc) is 2.54. The summed E-state index contributed by atoms with van der Waals surface area (Å²) in [6.07, 6.45) is 1.58. The first-order valence-electron chi connectivity index (χ1n) is 5.10. The van der Waals surface area contributed by atoms with Crippen LogP contribution in [-0.2, 0) is 7.05 Å². The lowest BCUT2D eigenvalue weighted by Crippen LogP contribution is -1.95. The zero-order valence-corrected chi connectivity index (χ0v) is 9.82. The second kappa shape index (κ2) is 3.98. The Morgan fingerprint density at radius 3 is 2.59 bits per heavy atom. The third-order valence-electron chi connectivity index (χ3n) is 2.59. The fourth-order valence-electron chi connectivity index (χ4n) is 1.72. The summed E-state index contributed by atoms with van der Waals surface area (Å²) in [6, 6.07) is 3.44. The third kappa shape index (κ3) is 1.78. The molecular formula is C12H11FN4. The first-order valence-corrected chi connectivity index (χ1v) is 5.10. The molecule has 0 aliphatic carbocycles. The van der Waals surface area contributed by atoms with Crippen LogP contribution >= 0.6 is 0 Å². The molecule has 2 heterocycles. The molecule has 0 saturated heterocycles. The largest absolute Gasteiger partial charge is 0.257 e. The minimum atomic E-state index is -0.421. The van der Waals surface area contributed by atoms with Crippen LogP contribution in [0.25, 0.3) is 11.4 Å². The summed E-state index contributed by atoms with van der Waals surface area (Å²) in [7, 11) is 1.65. The number of nitrogens with zero attached hydrogens (tertiary/aromatic N) is 4. The maximum Gasteiger partial charge on any atom is 0.151 e. The van der Waals surface area contributed by atoms with E-state index in [1.54, 1.807) is 27.1 Å². The Kier molecular flexibility index (Phi) is 2.64. The van der Waals surface area contributed by atoms with E-state index in [4.69, 9.17) is 5.26 Å². The molecule has 4 nitrogen and oxygen atoms in total. The van der Waals surface area contributed by atoms with E-state index >= 15 is 0 Å². The van der Waals surface area contributed by atoms with Gasteiger partial charge in [0.05, 0.1) is 0 Å². The molecule has 0 aliphatic heterocycles. The Morgan fingerprint density at radius 2 is 2.06 bits per heavy atom. The number of hydrogen-bond acceptors (Lipinski definition) is 3. The molecule has 0 N–H and O–H groups in total. The van der Waals surface area contributed by atoms with Gasteiger partial charge in [-0.05, 0) is 25.5 Å². The highest BCUT2D eigenvalue weighted by molar-refractivity contribution is 5.62. The van der Waals surface area contributed by atoms with Gasteiger partial charge in [0.1, 0.15) is 23.2 Å². The molecule has 0 unspecified atom stereocenters. The molecular weight excluding hydrogens is 219 g/mol. The summed E-state index contributed by atoms with van der Waals surface area (Å²) in [5, 5.41) is 13.1. The maximum absolute atomic E-state index is 13.8. The molecule has 0 atom stereocenters. The molecule has 0 aromatic carbocycles. The van der Waals surface area contributed by atoms with Gasteiger partial charge in [0, 0.05) is 18.8 Å². The molecule has 5 heteroatoms. The minimum absolute atomic E-state index is 0.185. The fourth-order valence-corrected chi connectivity index (χ4v) is 1.72. The Labute approximate surface area is 98.3 Å². The second-order valence-electron chi connectivity index (χ2n) is 3.90. The highest BCUT2D eigenvalue weighted by atomic mass is 19.1. The third-order valence-corrected chi connectivity index (χ3v) is 2.59. The van der Waals surface area contributed by atoms with Crippen molar-refractivity contribution in [1.29, 1.82) is 5.26 Å². The molecule has 2 aromatic rings.